The summed E-state index contributed by atoms with van der Waals surface area (Å²) in [7, 11) is 0. The molecule has 0 unspecified atom stereocenters. The Morgan fingerprint density at radius 1 is 1.29 bits per heavy atom. The Kier molecular flexibility index (Phi) is 3.97. The van der Waals surface area contributed by atoms with Gasteiger partial charge in [-0.15, -0.1) is 0 Å². The van der Waals surface area contributed by atoms with E-state index in [2.05, 4.69) is 33.4 Å². The van der Waals surface area contributed by atoms with Crippen LogP contribution in [0.25, 0.3) is 0 Å². The zero-order chi connectivity index (χ0) is 16.5. The summed E-state index contributed by atoms with van der Waals surface area (Å²) in [5, 5.41) is 12.5. The standard InChI is InChI=1S/C19H22N4O/c20-12-15-2-1-7-21-18(15)23-8-5-16(6-9-23)22-19(24)17-11-13-3-4-14(17)10-13/h1-4,7,13-14,16-17H,5-6,8-11H2,(H,22,24)/t13-,14+,17-/m1/s1. The number of hydrogen-bond acceptors (Lipinski definition) is 4. The van der Waals surface area contributed by atoms with Gasteiger partial charge in [0.2, 0.25) is 5.91 Å². The fourth-order valence-corrected chi connectivity index (χ4v) is 4.36. The fraction of sp³-hybridized carbons (Fsp3) is 0.526. The summed E-state index contributed by atoms with van der Waals surface area (Å²) in [4.78, 5) is 19.1. The molecule has 1 saturated heterocycles. The molecular formula is C19H22N4O. The first-order valence-corrected chi connectivity index (χ1v) is 8.83. The maximum atomic E-state index is 12.5. The number of aromatic nitrogens is 1. The first-order chi connectivity index (χ1) is 11.7. The van der Waals surface area contributed by atoms with Crippen molar-refractivity contribution in [3.8, 4) is 6.07 Å². The van der Waals surface area contributed by atoms with E-state index in [1.54, 1.807) is 18.3 Å². The Morgan fingerprint density at radius 3 is 2.79 bits per heavy atom. The van der Waals surface area contributed by atoms with Crippen molar-refractivity contribution in [2.75, 3.05) is 18.0 Å². The molecule has 1 aromatic rings. The second kappa shape index (κ2) is 6.27. The van der Waals surface area contributed by atoms with Gasteiger partial charge in [0.05, 0.1) is 5.56 Å². The molecule has 2 fully saturated rings. The van der Waals surface area contributed by atoms with Crippen molar-refractivity contribution in [3.05, 3.63) is 36.0 Å². The largest absolute Gasteiger partial charge is 0.355 e. The van der Waals surface area contributed by atoms with E-state index in [9.17, 15) is 10.1 Å². The maximum absolute atomic E-state index is 12.5. The van der Waals surface area contributed by atoms with Gasteiger partial charge in [0, 0.05) is 31.2 Å². The Balaban J connectivity index is 1.33. The van der Waals surface area contributed by atoms with Gasteiger partial charge in [0.15, 0.2) is 0 Å². The number of anilines is 1. The molecule has 2 heterocycles. The fourth-order valence-electron chi connectivity index (χ4n) is 4.36. The van der Waals surface area contributed by atoms with Crippen molar-refractivity contribution in [1.29, 1.82) is 5.26 Å². The summed E-state index contributed by atoms with van der Waals surface area (Å²) in [5.74, 6) is 2.27. The Labute approximate surface area is 142 Å². The van der Waals surface area contributed by atoms with Gasteiger partial charge in [-0.2, -0.15) is 5.26 Å². The number of nitrogens with zero attached hydrogens (tertiary/aromatic N) is 3. The minimum Gasteiger partial charge on any atom is -0.355 e. The predicted octanol–water partition coefficient (Wildman–Crippen LogP) is 2.25. The molecule has 1 amide bonds. The van der Waals surface area contributed by atoms with Crippen LogP contribution in [0.5, 0.6) is 0 Å². The maximum Gasteiger partial charge on any atom is 0.223 e. The molecule has 1 N–H and O–H groups in total. The molecule has 3 atom stereocenters. The molecule has 0 aromatic carbocycles. The molecule has 24 heavy (non-hydrogen) atoms. The number of allylic oxidation sites excluding steroid dienone is 2. The molecule has 1 aliphatic heterocycles. The molecule has 1 aromatic heterocycles. The minimum atomic E-state index is 0.180. The van der Waals surface area contributed by atoms with E-state index < -0.39 is 0 Å². The predicted molar refractivity (Wildman–Crippen MR) is 91.2 cm³/mol. The van der Waals surface area contributed by atoms with Crippen LogP contribution < -0.4 is 10.2 Å². The average Bonchev–Trinajstić information content (AvgIpc) is 3.26. The molecule has 124 valence electrons. The number of hydrogen-bond donors (Lipinski definition) is 1. The van der Waals surface area contributed by atoms with E-state index >= 15 is 0 Å². The number of nitriles is 1. The number of carbonyl (C=O) groups excluding carboxylic acids is 1. The van der Waals surface area contributed by atoms with Crippen LogP contribution >= 0.6 is 0 Å². The molecule has 4 rings (SSSR count). The average molecular weight is 322 g/mol. The van der Waals surface area contributed by atoms with Crippen molar-refractivity contribution in [2.24, 2.45) is 17.8 Å². The van der Waals surface area contributed by atoms with Crippen LogP contribution in [0.15, 0.2) is 30.5 Å². The minimum absolute atomic E-state index is 0.180. The second-order valence-corrected chi connectivity index (χ2v) is 7.14. The van der Waals surface area contributed by atoms with Gasteiger partial charge in [-0.05, 0) is 49.7 Å². The summed E-state index contributed by atoms with van der Waals surface area (Å²) in [6, 6.07) is 6.05. The highest BCUT2D eigenvalue weighted by atomic mass is 16.2. The van der Waals surface area contributed by atoms with Gasteiger partial charge >= 0.3 is 0 Å². The zero-order valence-corrected chi connectivity index (χ0v) is 13.7. The van der Waals surface area contributed by atoms with Crippen LogP contribution in [0, 0.1) is 29.1 Å². The van der Waals surface area contributed by atoms with Gasteiger partial charge in [0.1, 0.15) is 11.9 Å². The van der Waals surface area contributed by atoms with Gasteiger partial charge in [0.25, 0.3) is 0 Å². The van der Waals surface area contributed by atoms with Crippen LogP contribution in [-0.2, 0) is 4.79 Å². The third-order valence-corrected chi connectivity index (χ3v) is 5.66. The Morgan fingerprint density at radius 2 is 2.12 bits per heavy atom. The smallest absolute Gasteiger partial charge is 0.223 e. The van der Waals surface area contributed by atoms with Crippen molar-refractivity contribution >= 4 is 11.7 Å². The van der Waals surface area contributed by atoms with Crippen molar-refractivity contribution in [1.82, 2.24) is 10.3 Å². The Bertz CT molecular complexity index is 700. The number of amides is 1. The van der Waals surface area contributed by atoms with Crippen LogP contribution in [0.3, 0.4) is 0 Å². The van der Waals surface area contributed by atoms with E-state index in [0.29, 0.717) is 17.4 Å². The highest BCUT2D eigenvalue weighted by molar-refractivity contribution is 5.80. The van der Waals surface area contributed by atoms with Gasteiger partial charge < -0.3 is 10.2 Å². The highest BCUT2D eigenvalue weighted by Crippen LogP contribution is 2.43. The molecule has 5 nitrogen and oxygen atoms in total. The SMILES string of the molecule is N#Cc1cccnc1N1CCC(NC(=O)[C@@H]2C[C@@H]3C=C[C@H]2C3)CC1. The summed E-state index contributed by atoms with van der Waals surface area (Å²) in [6.45, 7) is 1.65. The quantitative estimate of drug-likeness (QED) is 0.867. The number of carbonyl (C=O) groups is 1. The molecule has 2 aliphatic carbocycles. The summed E-state index contributed by atoms with van der Waals surface area (Å²) >= 11 is 0. The first kappa shape index (κ1) is 15.2. The lowest BCUT2D eigenvalue weighted by molar-refractivity contribution is -0.126. The number of piperidine rings is 1. The van der Waals surface area contributed by atoms with Gasteiger partial charge in [-0.1, -0.05) is 12.2 Å². The number of fused-ring (bicyclic) bond motifs is 2. The van der Waals surface area contributed by atoms with Crippen LogP contribution in [0.1, 0.15) is 31.2 Å². The lowest BCUT2D eigenvalue weighted by Crippen LogP contribution is -2.47. The van der Waals surface area contributed by atoms with Gasteiger partial charge in [-0.25, -0.2) is 4.98 Å². The molecule has 1 saturated carbocycles. The van der Waals surface area contributed by atoms with Crippen molar-refractivity contribution < 1.29 is 4.79 Å². The molecule has 0 radical (unpaired) electrons. The van der Waals surface area contributed by atoms with E-state index in [0.717, 1.165) is 44.6 Å². The third-order valence-electron chi connectivity index (χ3n) is 5.66. The third kappa shape index (κ3) is 2.77. The van der Waals surface area contributed by atoms with E-state index in [1.807, 2.05) is 0 Å². The summed E-state index contributed by atoms with van der Waals surface area (Å²) in [5.41, 5.74) is 0.619. The molecular weight excluding hydrogens is 300 g/mol. The normalized spacial score (nSPS) is 28.8. The van der Waals surface area contributed by atoms with Crippen LogP contribution in [0.2, 0.25) is 0 Å². The Hall–Kier alpha value is -2.35. The molecule has 0 spiro atoms. The molecule has 3 aliphatic rings. The topological polar surface area (TPSA) is 69.0 Å². The second-order valence-electron chi connectivity index (χ2n) is 7.14. The highest BCUT2D eigenvalue weighted by Gasteiger charge is 2.40. The lowest BCUT2D eigenvalue weighted by atomic mass is 9.92. The monoisotopic (exact) mass is 322 g/mol. The molecule has 5 heteroatoms. The van der Waals surface area contributed by atoms with Gasteiger partial charge in [-0.3, -0.25) is 4.79 Å². The van der Waals surface area contributed by atoms with E-state index in [4.69, 9.17) is 0 Å². The van der Waals surface area contributed by atoms with E-state index in [-0.39, 0.29) is 17.9 Å². The van der Waals surface area contributed by atoms with E-state index in [1.165, 1.54) is 0 Å². The number of nitrogens with one attached hydrogen (secondary N) is 1. The van der Waals surface area contributed by atoms with Crippen LogP contribution in [0.4, 0.5) is 5.82 Å². The summed E-state index contributed by atoms with van der Waals surface area (Å²) < 4.78 is 0. The zero-order valence-electron chi connectivity index (χ0n) is 13.7. The lowest BCUT2D eigenvalue weighted by Gasteiger charge is -2.34. The number of pyridine rings is 1. The van der Waals surface area contributed by atoms with Crippen molar-refractivity contribution in [3.63, 3.8) is 0 Å². The van der Waals surface area contributed by atoms with Crippen LogP contribution in [-0.4, -0.2) is 30.0 Å². The first-order valence-electron chi connectivity index (χ1n) is 8.83. The summed E-state index contributed by atoms with van der Waals surface area (Å²) in [6.07, 6.45) is 10.2. The number of rotatable bonds is 3. The molecule has 2 bridgehead atoms. The van der Waals surface area contributed by atoms with Crippen molar-refractivity contribution in [2.45, 2.75) is 31.7 Å².